The normalized spacial score (nSPS) is 10.9. The fourth-order valence-corrected chi connectivity index (χ4v) is 2.45. The number of pyridine rings is 1. The van der Waals surface area contributed by atoms with Crippen molar-refractivity contribution in [2.24, 2.45) is 0 Å². The molecule has 2 N–H and O–H groups in total. The molecule has 2 aromatic heterocycles. The minimum Gasteiger partial charge on any atom is -0.334 e. The number of aromatic nitrogens is 3. The van der Waals surface area contributed by atoms with Crippen molar-refractivity contribution in [3.63, 3.8) is 0 Å². The largest absolute Gasteiger partial charge is 0.334 e. The van der Waals surface area contributed by atoms with Crippen LogP contribution in [-0.4, -0.2) is 20.9 Å². The molecular formula is C17H12N4O. The van der Waals surface area contributed by atoms with Crippen LogP contribution in [0.3, 0.4) is 0 Å². The summed E-state index contributed by atoms with van der Waals surface area (Å²) >= 11 is 0. The number of benzene rings is 2. The van der Waals surface area contributed by atoms with Crippen LogP contribution in [0.25, 0.3) is 21.8 Å². The van der Waals surface area contributed by atoms with Gasteiger partial charge < -0.3 is 10.3 Å². The number of rotatable bonds is 2. The van der Waals surface area contributed by atoms with E-state index in [1.165, 1.54) is 0 Å². The molecule has 0 atom stereocenters. The fraction of sp³-hybridized carbons (Fsp3) is 0. The van der Waals surface area contributed by atoms with Gasteiger partial charge in [-0.1, -0.05) is 36.4 Å². The number of nitrogens with one attached hydrogen (secondary N) is 2. The first-order valence-corrected chi connectivity index (χ1v) is 6.91. The van der Waals surface area contributed by atoms with Gasteiger partial charge in [0.1, 0.15) is 5.82 Å². The number of fused-ring (bicyclic) bond motifs is 2. The summed E-state index contributed by atoms with van der Waals surface area (Å²) in [6, 6.07) is 17.2. The van der Waals surface area contributed by atoms with E-state index in [4.69, 9.17) is 0 Å². The molecule has 4 aromatic rings. The summed E-state index contributed by atoms with van der Waals surface area (Å²) in [6.45, 7) is 0. The Labute approximate surface area is 126 Å². The predicted octanol–water partition coefficient (Wildman–Crippen LogP) is 3.36. The van der Waals surface area contributed by atoms with E-state index in [-0.39, 0.29) is 11.7 Å². The van der Waals surface area contributed by atoms with Crippen LogP contribution in [0.2, 0.25) is 0 Å². The molecule has 0 spiro atoms. The van der Waals surface area contributed by atoms with Gasteiger partial charge in [-0.2, -0.15) is 0 Å². The number of imidazole rings is 1. The molecule has 106 valence electrons. The van der Waals surface area contributed by atoms with E-state index in [1.54, 1.807) is 6.20 Å². The number of hydrogen-bond acceptors (Lipinski definition) is 3. The Morgan fingerprint density at radius 1 is 1.00 bits per heavy atom. The highest BCUT2D eigenvalue weighted by molar-refractivity contribution is 6.07. The van der Waals surface area contributed by atoms with Crippen LogP contribution in [-0.2, 0) is 0 Å². The van der Waals surface area contributed by atoms with E-state index in [0.717, 1.165) is 21.8 Å². The van der Waals surface area contributed by atoms with E-state index < -0.39 is 0 Å². The maximum Gasteiger partial charge on any atom is 0.292 e. The first kappa shape index (κ1) is 12.5. The second-order valence-electron chi connectivity index (χ2n) is 4.94. The van der Waals surface area contributed by atoms with E-state index >= 15 is 0 Å². The summed E-state index contributed by atoms with van der Waals surface area (Å²) in [7, 11) is 0. The molecule has 2 heterocycles. The Bertz CT molecular complexity index is 952. The maximum absolute atomic E-state index is 12.4. The standard InChI is InChI=1S/C17H12N4O/c22-17(16-19-13-7-3-4-8-14(13)20-16)21-15-12-6-2-1-5-11(12)9-10-18-15/h1-10H,(H,19,20)(H,18,21,22). The van der Waals surface area contributed by atoms with Crippen LogP contribution in [0.1, 0.15) is 10.6 Å². The van der Waals surface area contributed by atoms with Crippen molar-refractivity contribution in [2.75, 3.05) is 5.32 Å². The van der Waals surface area contributed by atoms with Crippen LogP contribution < -0.4 is 5.32 Å². The van der Waals surface area contributed by atoms with Gasteiger partial charge in [-0.25, -0.2) is 9.97 Å². The van der Waals surface area contributed by atoms with Gasteiger partial charge in [0.05, 0.1) is 11.0 Å². The number of carbonyl (C=O) groups excluding carboxylic acids is 1. The van der Waals surface area contributed by atoms with Gasteiger partial charge in [-0.15, -0.1) is 0 Å². The van der Waals surface area contributed by atoms with Gasteiger partial charge in [0.2, 0.25) is 0 Å². The van der Waals surface area contributed by atoms with E-state index in [0.29, 0.717) is 5.82 Å². The zero-order valence-corrected chi connectivity index (χ0v) is 11.6. The van der Waals surface area contributed by atoms with Crippen molar-refractivity contribution in [1.29, 1.82) is 0 Å². The van der Waals surface area contributed by atoms with Gasteiger partial charge >= 0.3 is 0 Å². The lowest BCUT2D eigenvalue weighted by atomic mass is 10.1. The van der Waals surface area contributed by atoms with Crippen molar-refractivity contribution in [3.05, 3.63) is 66.6 Å². The summed E-state index contributed by atoms with van der Waals surface area (Å²) in [5, 5.41) is 4.74. The Morgan fingerprint density at radius 3 is 2.73 bits per heavy atom. The van der Waals surface area contributed by atoms with Crippen molar-refractivity contribution < 1.29 is 4.79 Å². The van der Waals surface area contributed by atoms with Crippen molar-refractivity contribution in [3.8, 4) is 0 Å². The van der Waals surface area contributed by atoms with Crippen LogP contribution in [0.4, 0.5) is 5.82 Å². The van der Waals surface area contributed by atoms with Gasteiger partial charge in [0, 0.05) is 11.6 Å². The first-order chi connectivity index (χ1) is 10.8. The van der Waals surface area contributed by atoms with Gasteiger partial charge in [0.15, 0.2) is 5.82 Å². The van der Waals surface area contributed by atoms with Gasteiger partial charge in [-0.3, -0.25) is 4.79 Å². The van der Waals surface area contributed by atoms with Gasteiger partial charge in [0.25, 0.3) is 5.91 Å². The number of H-pyrrole nitrogens is 1. The van der Waals surface area contributed by atoms with Crippen molar-refractivity contribution in [2.45, 2.75) is 0 Å². The average molecular weight is 288 g/mol. The molecule has 1 amide bonds. The molecule has 2 aromatic carbocycles. The Morgan fingerprint density at radius 2 is 1.82 bits per heavy atom. The Hall–Kier alpha value is -3.21. The third kappa shape index (κ3) is 2.09. The van der Waals surface area contributed by atoms with Crippen molar-refractivity contribution in [1.82, 2.24) is 15.0 Å². The summed E-state index contributed by atoms with van der Waals surface area (Å²) in [5.74, 6) is 0.500. The molecule has 0 aliphatic heterocycles. The molecule has 0 fully saturated rings. The first-order valence-electron chi connectivity index (χ1n) is 6.91. The summed E-state index contributed by atoms with van der Waals surface area (Å²) in [4.78, 5) is 23.9. The van der Waals surface area contributed by atoms with Crippen LogP contribution in [0.5, 0.6) is 0 Å². The van der Waals surface area contributed by atoms with Crippen LogP contribution in [0.15, 0.2) is 60.8 Å². The molecule has 22 heavy (non-hydrogen) atoms. The highest BCUT2D eigenvalue weighted by Gasteiger charge is 2.13. The molecule has 0 bridgehead atoms. The predicted molar refractivity (Wildman–Crippen MR) is 85.8 cm³/mol. The number of para-hydroxylation sites is 2. The zero-order valence-electron chi connectivity index (χ0n) is 11.6. The highest BCUT2D eigenvalue weighted by Crippen LogP contribution is 2.21. The maximum atomic E-state index is 12.4. The van der Waals surface area contributed by atoms with E-state index in [1.807, 2.05) is 54.6 Å². The molecule has 0 aliphatic rings. The topological polar surface area (TPSA) is 70.7 Å². The minimum atomic E-state index is -0.306. The van der Waals surface area contributed by atoms with Crippen molar-refractivity contribution >= 4 is 33.5 Å². The number of nitrogens with zero attached hydrogens (tertiary/aromatic N) is 2. The number of anilines is 1. The van der Waals surface area contributed by atoms with E-state index in [9.17, 15) is 4.79 Å². The van der Waals surface area contributed by atoms with Crippen LogP contribution >= 0.6 is 0 Å². The number of carbonyl (C=O) groups is 1. The smallest absolute Gasteiger partial charge is 0.292 e. The number of aromatic amines is 1. The minimum absolute atomic E-state index is 0.274. The number of amides is 1. The molecule has 0 radical (unpaired) electrons. The Kier molecular flexibility index (Phi) is 2.83. The van der Waals surface area contributed by atoms with Gasteiger partial charge in [-0.05, 0) is 23.6 Å². The monoisotopic (exact) mass is 288 g/mol. The molecular weight excluding hydrogens is 276 g/mol. The highest BCUT2D eigenvalue weighted by atomic mass is 16.2. The zero-order chi connectivity index (χ0) is 14.9. The molecule has 0 saturated carbocycles. The molecule has 0 aliphatic carbocycles. The Balaban J connectivity index is 1.71. The third-order valence-corrected chi connectivity index (χ3v) is 3.51. The number of hydrogen-bond donors (Lipinski definition) is 2. The quantitative estimate of drug-likeness (QED) is 0.594. The second kappa shape index (κ2) is 4.96. The lowest BCUT2D eigenvalue weighted by Crippen LogP contribution is -2.14. The lowest BCUT2D eigenvalue weighted by molar-refractivity contribution is 0.101. The molecule has 5 nitrogen and oxygen atoms in total. The fourth-order valence-electron chi connectivity index (χ4n) is 2.45. The summed E-state index contributed by atoms with van der Waals surface area (Å²) in [6.07, 6.45) is 1.68. The molecule has 5 heteroatoms. The summed E-state index contributed by atoms with van der Waals surface area (Å²) < 4.78 is 0. The van der Waals surface area contributed by atoms with Crippen LogP contribution in [0, 0.1) is 0 Å². The van der Waals surface area contributed by atoms with E-state index in [2.05, 4.69) is 20.3 Å². The summed E-state index contributed by atoms with van der Waals surface area (Å²) in [5.41, 5.74) is 1.59. The molecule has 0 unspecified atom stereocenters. The molecule has 4 rings (SSSR count). The second-order valence-corrected chi connectivity index (χ2v) is 4.94. The third-order valence-electron chi connectivity index (χ3n) is 3.51. The SMILES string of the molecule is O=C(Nc1nccc2ccccc12)c1nc2ccccc2[nH]1. The average Bonchev–Trinajstić information content (AvgIpc) is 2.99. The lowest BCUT2D eigenvalue weighted by Gasteiger charge is -2.05. The molecule has 0 saturated heterocycles.